The van der Waals surface area contributed by atoms with E-state index in [4.69, 9.17) is 5.73 Å². The molecule has 0 fully saturated rings. The van der Waals surface area contributed by atoms with Crippen LogP contribution in [0.2, 0.25) is 0 Å². The Morgan fingerprint density at radius 2 is 2.44 bits per heavy atom. The Balaban J connectivity index is 2.28. The Morgan fingerprint density at radius 1 is 1.69 bits per heavy atom. The molecule has 0 aliphatic carbocycles. The number of nitrogens with two attached hydrogens (primary N) is 1. The van der Waals surface area contributed by atoms with Crippen molar-refractivity contribution < 1.29 is 9.53 Å². The number of aryl methyl sites for hydroxylation is 2. The number of aromatic nitrogens is 2. The lowest BCUT2D eigenvalue weighted by Gasteiger charge is -2.04. The molecule has 0 radical (unpaired) electrons. The molecule has 0 spiro atoms. The van der Waals surface area contributed by atoms with Crippen LogP contribution in [0.25, 0.3) is 0 Å². The quantitative estimate of drug-likeness (QED) is 0.677. The van der Waals surface area contributed by atoms with Crippen LogP contribution in [0, 0.1) is 0 Å². The molecule has 0 saturated carbocycles. The highest BCUT2D eigenvalue weighted by Gasteiger charge is 2.04. The Morgan fingerprint density at radius 3 is 3.06 bits per heavy atom. The van der Waals surface area contributed by atoms with Crippen molar-refractivity contribution in [3.63, 3.8) is 0 Å². The van der Waals surface area contributed by atoms with Crippen molar-refractivity contribution in [3.8, 4) is 0 Å². The fourth-order valence-corrected chi connectivity index (χ4v) is 1.48. The molecule has 6 heteroatoms. The predicted octanol–water partition coefficient (Wildman–Crippen LogP) is 0.167. The highest BCUT2D eigenvalue weighted by molar-refractivity contribution is 5.64. The van der Waals surface area contributed by atoms with Gasteiger partial charge in [0.15, 0.2) is 0 Å². The van der Waals surface area contributed by atoms with E-state index in [1.165, 1.54) is 5.56 Å². The molecule has 1 heterocycles. The zero-order valence-corrected chi connectivity index (χ0v) is 9.69. The standard InChI is InChI=1S/C10H18N4O2/c1-3-9-8(7-14(2)13-9)6-12-4-5-16-10(11)15/h7,12H,3-6H2,1-2H3,(H2,11,15). The molecule has 1 aromatic rings. The summed E-state index contributed by atoms with van der Waals surface area (Å²) in [7, 11) is 1.90. The molecule has 3 N–H and O–H groups in total. The van der Waals surface area contributed by atoms with Crippen LogP contribution in [0.5, 0.6) is 0 Å². The van der Waals surface area contributed by atoms with Gasteiger partial charge in [-0.25, -0.2) is 4.79 Å². The van der Waals surface area contributed by atoms with E-state index in [1.54, 1.807) is 4.68 Å². The van der Waals surface area contributed by atoms with Gasteiger partial charge < -0.3 is 15.8 Å². The van der Waals surface area contributed by atoms with E-state index in [1.807, 2.05) is 13.2 Å². The normalized spacial score (nSPS) is 10.4. The zero-order valence-electron chi connectivity index (χ0n) is 9.69. The Labute approximate surface area is 94.8 Å². The van der Waals surface area contributed by atoms with Gasteiger partial charge in [0, 0.05) is 31.9 Å². The van der Waals surface area contributed by atoms with Crippen LogP contribution in [0.15, 0.2) is 6.20 Å². The van der Waals surface area contributed by atoms with Crippen molar-refractivity contribution in [3.05, 3.63) is 17.5 Å². The first kappa shape index (κ1) is 12.5. The summed E-state index contributed by atoms with van der Waals surface area (Å²) >= 11 is 0. The topological polar surface area (TPSA) is 82.2 Å². The molecule has 6 nitrogen and oxygen atoms in total. The lowest BCUT2D eigenvalue weighted by atomic mass is 10.2. The zero-order chi connectivity index (χ0) is 12.0. The van der Waals surface area contributed by atoms with E-state index in [0.717, 1.165) is 18.7 Å². The number of hydrogen-bond acceptors (Lipinski definition) is 4. The van der Waals surface area contributed by atoms with Crippen LogP contribution in [0.3, 0.4) is 0 Å². The summed E-state index contributed by atoms with van der Waals surface area (Å²) in [5, 5.41) is 7.49. The van der Waals surface area contributed by atoms with Crippen molar-refractivity contribution in [2.24, 2.45) is 12.8 Å². The third kappa shape index (κ3) is 3.90. The Bertz CT molecular complexity index is 349. The average Bonchev–Trinajstić information content (AvgIpc) is 2.58. The second kappa shape index (κ2) is 6.12. The molecule has 0 unspecified atom stereocenters. The van der Waals surface area contributed by atoms with Crippen molar-refractivity contribution in [1.82, 2.24) is 15.1 Å². The Hall–Kier alpha value is -1.56. The maximum atomic E-state index is 10.3. The second-order valence-corrected chi connectivity index (χ2v) is 3.47. The van der Waals surface area contributed by atoms with E-state index in [2.05, 4.69) is 22.1 Å². The second-order valence-electron chi connectivity index (χ2n) is 3.47. The summed E-state index contributed by atoms with van der Waals surface area (Å²) in [6, 6.07) is 0. The lowest BCUT2D eigenvalue weighted by molar-refractivity contribution is 0.157. The summed E-state index contributed by atoms with van der Waals surface area (Å²) in [5.41, 5.74) is 7.09. The molecule has 0 aliphatic rings. The molecule has 1 rings (SSSR count). The monoisotopic (exact) mass is 226 g/mol. The van der Waals surface area contributed by atoms with Crippen LogP contribution in [0.1, 0.15) is 18.2 Å². The first-order valence-electron chi connectivity index (χ1n) is 5.27. The molecule has 1 amide bonds. The lowest BCUT2D eigenvalue weighted by Crippen LogP contribution is -2.23. The van der Waals surface area contributed by atoms with Gasteiger partial charge >= 0.3 is 6.09 Å². The predicted molar refractivity (Wildman–Crippen MR) is 59.8 cm³/mol. The number of nitrogens with one attached hydrogen (secondary N) is 1. The van der Waals surface area contributed by atoms with E-state index in [0.29, 0.717) is 6.54 Å². The van der Waals surface area contributed by atoms with Crippen LogP contribution in [-0.4, -0.2) is 29.0 Å². The van der Waals surface area contributed by atoms with Gasteiger partial charge in [0.05, 0.1) is 5.69 Å². The molecule has 0 aliphatic heterocycles. The minimum Gasteiger partial charge on any atom is -0.448 e. The molecule has 16 heavy (non-hydrogen) atoms. The third-order valence-electron chi connectivity index (χ3n) is 2.17. The molecule has 0 atom stereocenters. The summed E-state index contributed by atoms with van der Waals surface area (Å²) < 4.78 is 6.40. The fourth-order valence-electron chi connectivity index (χ4n) is 1.48. The van der Waals surface area contributed by atoms with E-state index < -0.39 is 6.09 Å². The van der Waals surface area contributed by atoms with Gasteiger partial charge in [-0.3, -0.25) is 4.68 Å². The van der Waals surface area contributed by atoms with Gasteiger partial charge in [-0.05, 0) is 6.42 Å². The largest absolute Gasteiger partial charge is 0.448 e. The van der Waals surface area contributed by atoms with Crippen molar-refractivity contribution in [2.75, 3.05) is 13.2 Å². The summed E-state index contributed by atoms with van der Waals surface area (Å²) in [6.45, 7) is 3.67. The molecule has 0 aromatic carbocycles. The fraction of sp³-hybridized carbons (Fsp3) is 0.600. The van der Waals surface area contributed by atoms with Crippen molar-refractivity contribution in [1.29, 1.82) is 0 Å². The number of nitrogens with zero attached hydrogens (tertiary/aromatic N) is 2. The van der Waals surface area contributed by atoms with Crippen LogP contribution < -0.4 is 11.1 Å². The number of ether oxygens (including phenoxy) is 1. The number of primary amides is 1. The number of carbonyl (C=O) groups is 1. The van der Waals surface area contributed by atoms with E-state index >= 15 is 0 Å². The van der Waals surface area contributed by atoms with Crippen LogP contribution in [-0.2, 0) is 24.8 Å². The first-order valence-corrected chi connectivity index (χ1v) is 5.27. The molecular formula is C10H18N4O2. The van der Waals surface area contributed by atoms with E-state index in [-0.39, 0.29) is 6.61 Å². The number of hydrogen-bond donors (Lipinski definition) is 2. The van der Waals surface area contributed by atoms with Gasteiger partial charge in [-0.1, -0.05) is 6.92 Å². The summed E-state index contributed by atoms with van der Waals surface area (Å²) in [5.74, 6) is 0. The maximum absolute atomic E-state index is 10.3. The Kier molecular flexibility index (Phi) is 4.78. The highest BCUT2D eigenvalue weighted by Crippen LogP contribution is 2.06. The number of rotatable bonds is 6. The molecule has 90 valence electrons. The van der Waals surface area contributed by atoms with Gasteiger partial charge in [0.1, 0.15) is 6.61 Å². The number of carbonyl (C=O) groups excluding carboxylic acids is 1. The minimum atomic E-state index is -0.738. The smallest absolute Gasteiger partial charge is 0.404 e. The molecular weight excluding hydrogens is 208 g/mol. The SMILES string of the molecule is CCc1nn(C)cc1CNCCOC(N)=O. The molecule has 0 bridgehead atoms. The average molecular weight is 226 g/mol. The summed E-state index contributed by atoms with van der Waals surface area (Å²) in [6.07, 6.45) is 2.16. The van der Waals surface area contributed by atoms with Crippen LogP contribution in [0.4, 0.5) is 4.79 Å². The van der Waals surface area contributed by atoms with E-state index in [9.17, 15) is 4.79 Å². The molecule has 0 saturated heterocycles. The van der Waals surface area contributed by atoms with Gasteiger partial charge in [-0.15, -0.1) is 0 Å². The van der Waals surface area contributed by atoms with Gasteiger partial charge in [0.2, 0.25) is 0 Å². The van der Waals surface area contributed by atoms with Crippen molar-refractivity contribution in [2.45, 2.75) is 19.9 Å². The molecule has 1 aromatic heterocycles. The first-order chi connectivity index (χ1) is 7.63. The van der Waals surface area contributed by atoms with Gasteiger partial charge in [-0.2, -0.15) is 5.10 Å². The third-order valence-corrected chi connectivity index (χ3v) is 2.17. The van der Waals surface area contributed by atoms with Crippen molar-refractivity contribution >= 4 is 6.09 Å². The number of amides is 1. The highest BCUT2D eigenvalue weighted by atomic mass is 16.5. The summed E-state index contributed by atoms with van der Waals surface area (Å²) in [4.78, 5) is 10.3. The van der Waals surface area contributed by atoms with Crippen LogP contribution >= 0.6 is 0 Å². The maximum Gasteiger partial charge on any atom is 0.404 e. The van der Waals surface area contributed by atoms with Gasteiger partial charge in [0.25, 0.3) is 0 Å². The minimum absolute atomic E-state index is 0.289.